The Morgan fingerprint density at radius 1 is 0.436 bits per heavy atom. The van der Waals surface area contributed by atoms with E-state index >= 15 is 0 Å². The summed E-state index contributed by atoms with van der Waals surface area (Å²) >= 11 is 0. The zero-order valence-corrected chi connectivity index (χ0v) is 65.3. The Morgan fingerprint density at radius 3 is 1.24 bits per heavy atom. The highest BCUT2D eigenvalue weighted by atomic mass is 16.5. The standard InChI is InChI=1S/C45H51N7O5.C41H49N7O5/c1-42(2,3)36-24-37(49-41(56)48-34-16-17-35(33-11-9-8-10-32(33)34)57-23-20-29-18-21-46-22-19-29)52(50-36)31-14-12-30(13-15-31)25-47-38(53)43(4)26-44(5)28-45(6,27-43)40(55)51(7)39(44)54;1-38(2,3)32-22-33(45-37(52)44-29-10-14-31(15-11-29)53-21-18-27-16-19-42-20-17-27)48(46-32)30-12-8-28(9-13-30)23-43-34(49)39(4)24-40(5)26-41(6,25-39)36(51)47(7)35(40)50/h8-19,21-22,24H,20,23,25-28H2,1-7H3,(H,47,53)(H2,48,49,56);8-17,19-20,22H,18,21,23-26H2,1-7H3,(H,43,49)(H2,44,45,52). The van der Waals surface area contributed by atoms with Crippen LogP contribution in [0.4, 0.5) is 32.6 Å². The quantitative estimate of drug-likeness (QED) is 0.0387. The number of urea groups is 2. The topological polar surface area (TPSA) is 295 Å². The predicted molar refractivity (Wildman–Crippen MR) is 423 cm³/mol. The number of aromatic nitrogens is 6. The number of anilines is 4. The minimum absolute atomic E-state index is 0.175. The van der Waals surface area contributed by atoms with Gasteiger partial charge in [-0.15, -0.1) is 0 Å². The Bertz CT molecular complexity index is 4910. The van der Waals surface area contributed by atoms with E-state index in [4.69, 9.17) is 19.7 Å². The van der Waals surface area contributed by atoms with Gasteiger partial charge in [-0.25, -0.2) is 19.0 Å². The number of piperidine rings is 2. The summed E-state index contributed by atoms with van der Waals surface area (Å²) in [6.07, 6.45) is 11.0. The van der Waals surface area contributed by atoms with Crippen molar-refractivity contribution in [1.82, 2.24) is 50.0 Å². The monoisotopic (exact) mass is 1490 g/mol. The fraction of sp³-hybridized carbons (Fsp3) is 0.395. The molecule has 4 aromatic heterocycles. The van der Waals surface area contributed by atoms with Crippen LogP contribution in [0, 0.1) is 32.5 Å². The number of carbonyl (C=O) groups excluding carboxylic acids is 8. The second-order valence-electron chi connectivity index (χ2n) is 33.9. The van der Waals surface area contributed by atoms with Gasteiger partial charge in [0.1, 0.15) is 23.1 Å². The highest BCUT2D eigenvalue weighted by Crippen LogP contribution is 2.60. The fourth-order valence-corrected chi connectivity index (χ4v) is 17.0. The van der Waals surface area contributed by atoms with Crippen molar-refractivity contribution in [3.63, 3.8) is 0 Å². The van der Waals surface area contributed by atoms with E-state index in [-0.39, 0.29) is 59.4 Å². The molecule has 110 heavy (non-hydrogen) atoms. The molecule has 24 nitrogen and oxygen atoms in total. The summed E-state index contributed by atoms with van der Waals surface area (Å²) in [6, 6.07) is 44.7. The lowest BCUT2D eigenvalue weighted by atomic mass is 9.51. The summed E-state index contributed by atoms with van der Waals surface area (Å²) in [4.78, 5) is 117. The molecule has 2 aliphatic carbocycles. The van der Waals surface area contributed by atoms with Crippen molar-refractivity contribution in [1.29, 1.82) is 0 Å². The van der Waals surface area contributed by atoms with Gasteiger partial charge in [0, 0.05) is 137 Å². The number of amides is 10. The number of hydrogen-bond donors (Lipinski definition) is 6. The van der Waals surface area contributed by atoms with E-state index < -0.39 is 44.6 Å². The Morgan fingerprint density at radius 2 is 0.827 bits per heavy atom. The van der Waals surface area contributed by atoms with E-state index in [0.29, 0.717) is 80.5 Å². The molecule has 10 amide bonds. The first-order valence-corrected chi connectivity index (χ1v) is 37.4. The Labute approximate surface area is 642 Å². The zero-order valence-electron chi connectivity index (χ0n) is 65.3. The van der Waals surface area contributed by atoms with Gasteiger partial charge in [-0.1, -0.05) is 132 Å². The van der Waals surface area contributed by atoms with Crippen molar-refractivity contribution in [3.05, 3.63) is 204 Å². The average molecular weight is 1490 g/mol. The van der Waals surface area contributed by atoms with Crippen molar-refractivity contribution in [2.45, 2.75) is 158 Å². The van der Waals surface area contributed by atoms with Crippen molar-refractivity contribution in [3.8, 4) is 22.9 Å². The number of benzene rings is 5. The van der Waals surface area contributed by atoms with E-state index in [1.165, 1.54) is 16.8 Å². The first-order valence-electron chi connectivity index (χ1n) is 37.4. The number of carbonyl (C=O) groups is 8. The van der Waals surface area contributed by atoms with Gasteiger partial charge in [0.25, 0.3) is 0 Å². The number of fused-ring (bicyclic) bond motifs is 5. The second-order valence-corrected chi connectivity index (χ2v) is 33.9. The first-order chi connectivity index (χ1) is 52.0. The van der Waals surface area contributed by atoms with Crippen molar-refractivity contribution < 1.29 is 47.8 Å². The van der Waals surface area contributed by atoms with Crippen molar-refractivity contribution in [2.75, 3.05) is 48.6 Å². The van der Waals surface area contributed by atoms with E-state index in [9.17, 15) is 38.4 Å². The molecule has 574 valence electrons. The van der Waals surface area contributed by atoms with Crippen LogP contribution in [-0.4, -0.2) is 114 Å². The summed E-state index contributed by atoms with van der Waals surface area (Å²) < 4.78 is 15.4. The lowest BCUT2D eigenvalue weighted by molar-refractivity contribution is -0.179. The minimum Gasteiger partial charge on any atom is -0.493 e. The molecule has 0 spiro atoms. The number of rotatable bonds is 20. The maximum Gasteiger partial charge on any atom is 0.324 e. The van der Waals surface area contributed by atoms with E-state index in [1.807, 2.05) is 175 Å². The van der Waals surface area contributed by atoms with Gasteiger partial charge >= 0.3 is 12.1 Å². The van der Waals surface area contributed by atoms with E-state index in [2.05, 4.69) is 83.4 Å². The van der Waals surface area contributed by atoms with Gasteiger partial charge in [-0.2, -0.15) is 10.2 Å². The molecule has 4 atom stereocenters. The van der Waals surface area contributed by atoms with Crippen LogP contribution in [0.1, 0.15) is 155 Å². The average Bonchev–Trinajstić information content (AvgIpc) is 0.924. The van der Waals surface area contributed by atoms with Crippen LogP contribution in [-0.2, 0) is 65.5 Å². The van der Waals surface area contributed by atoms with Crippen molar-refractivity contribution in [2.24, 2.45) is 32.5 Å². The molecular weight excluding hydrogens is 1390 g/mol. The molecule has 6 N–H and O–H groups in total. The SMILES string of the molecule is CN1C(=O)C2(C)CC(C)(C(=O)NCc3ccc(-n4nc(C(C)(C)C)cc4NC(=O)Nc4ccc(OCCc5ccncc5)c5ccccc45)cc3)CC(C)(C2)C1=O.CN1C(=O)C2(C)CC(C)(C(=O)NCc3ccc(-n4nc(C(C)(C)C)cc4NC(=O)Nc4ccc(OCCc5ccncc5)cc4)cc3)CC(C)(C2)C1=O. The van der Waals surface area contributed by atoms with Crippen LogP contribution in [0.2, 0.25) is 0 Å². The third-order valence-electron chi connectivity index (χ3n) is 21.8. The minimum atomic E-state index is -0.878. The van der Waals surface area contributed by atoms with Gasteiger partial charge in [0.05, 0.1) is 41.7 Å². The maximum absolute atomic E-state index is 13.7. The molecule has 9 aromatic rings. The molecule has 0 radical (unpaired) electrons. The molecule has 2 saturated carbocycles. The van der Waals surface area contributed by atoms with Crippen LogP contribution in [0.5, 0.6) is 11.5 Å². The molecular formula is C86H100N14O10. The molecule has 4 fully saturated rings. The smallest absolute Gasteiger partial charge is 0.324 e. The van der Waals surface area contributed by atoms with Gasteiger partial charge in [-0.05, 0) is 146 Å². The van der Waals surface area contributed by atoms with Crippen molar-refractivity contribution >= 4 is 81.3 Å². The third kappa shape index (κ3) is 16.8. The van der Waals surface area contributed by atoms with E-state index in [0.717, 1.165) is 74.4 Å². The zero-order chi connectivity index (χ0) is 78.9. The third-order valence-corrected chi connectivity index (χ3v) is 21.8. The first kappa shape index (κ1) is 78.0. The Balaban J connectivity index is 0.000000205. The molecule has 6 heterocycles. The molecule has 4 bridgehead atoms. The molecule has 2 saturated heterocycles. The van der Waals surface area contributed by atoms with Crippen LogP contribution in [0.25, 0.3) is 22.1 Å². The number of likely N-dealkylation sites (tertiary alicyclic amines) is 2. The summed E-state index contributed by atoms with van der Waals surface area (Å²) in [7, 11) is 3.08. The Hall–Kier alpha value is -11.6. The highest BCUT2D eigenvalue weighted by molar-refractivity contribution is 6.08. The second kappa shape index (κ2) is 30.5. The fourth-order valence-electron chi connectivity index (χ4n) is 17.0. The largest absolute Gasteiger partial charge is 0.493 e. The molecule has 13 rings (SSSR count). The molecule has 2 aliphatic heterocycles. The lowest BCUT2D eigenvalue weighted by Gasteiger charge is -2.55. The number of nitrogens with zero attached hydrogens (tertiary/aromatic N) is 8. The maximum atomic E-state index is 13.7. The van der Waals surface area contributed by atoms with E-state index in [1.54, 1.807) is 53.3 Å². The predicted octanol–water partition coefficient (Wildman–Crippen LogP) is 14.4. The lowest BCUT2D eigenvalue weighted by Crippen LogP contribution is -2.63. The van der Waals surface area contributed by atoms with Crippen LogP contribution < -0.4 is 41.4 Å². The molecule has 24 heteroatoms. The molecule has 4 aliphatic rings. The van der Waals surface area contributed by atoms with Gasteiger partial charge in [0.2, 0.25) is 35.4 Å². The van der Waals surface area contributed by atoms with Gasteiger partial charge < -0.3 is 30.7 Å². The number of imide groups is 2. The van der Waals surface area contributed by atoms with Crippen LogP contribution in [0.15, 0.2) is 170 Å². The summed E-state index contributed by atoms with van der Waals surface area (Å²) in [5, 5.41) is 29.5. The summed E-state index contributed by atoms with van der Waals surface area (Å²) in [5.41, 5.74) is 2.88. The molecule has 5 aromatic carbocycles. The number of hydrogen-bond acceptors (Lipinski definition) is 14. The normalized spacial score (nSPS) is 22.3. The Kier molecular flexibility index (Phi) is 21.6. The van der Waals surface area contributed by atoms with Crippen LogP contribution in [0.3, 0.4) is 0 Å². The molecule has 4 unspecified atom stereocenters. The van der Waals surface area contributed by atoms with Gasteiger partial charge in [-0.3, -0.25) is 59.2 Å². The number of ether oxygens (including phenoxy) is 2. The number of nitrogens with one attached hydrogen (secondary N) is 6. The van der Waals surface area contributed by atoms with Gasteiger partial charge in [0.15, 0.2) is 0 Å². The summed E-state index contributed by atoms with van der Waals surface area (Å²) in [5.74, 6) is 1.19. The highest BCUT2D eigenvalue weighted by Gasteiger charge is 2.64. The van der Waals surface area contributed by atoms with Crippen LogP contribution >= 0.6 is 0 Å². The number of pyridine rings is 2. The summed E-state index contributed by atoms with van der Waals surface area (Å²) in [6.45, 7) is 25.1.